The first-order valence-electron chi connectivity index (χ1n) is 3.23. The molecule has 0 heterocycles. The quantitative estimate of drug-likeness (QED) is 0.589. The Bertz CT molecular complexity index is 417. The molecule has 0 saturated heterocycles. The van der Waals surface area contributed by atoms with Gasteiger partial charge >= 0.3 is 10.2 Å². The van der Waals surface area contributed by atoms with Gasteiger partial charge in [-0.25, -0.2) is 0 Å². The van der Waals surface area contributed by atoms with E-state index >= 15 is 0 Å². The van der Waals surface area contributed by atoms with E-state index in [-0.39, 0.29) is 5.02 Å². The molecule has 0 fully saturated rings. The number of hydrogen-bond acceptors (Lipinski definition) is 3. The van der Waals surface area contributed by atoms with E-state index in [1.807, 2.05) is 0 Å². The predicted molar refractivity (Wildman–Crippen MR) is 51.5 cm³/mol. The molecule has 0 amide bonds. The van der Waals surface area contributed by atoms with Crippen molar-refractivity contribution in [2.45, 2.75) is 9.79 Å². The molecule has 0 aliphatic heterocycles. The molecule has 0 saturated carbocycles. The van der Waals surface area contributed by atoms with Crippen LogP contribution in [0.1, 0.15) is 0 Å². The highest BCUT2D eigenvalue weighted by Crippen LogP contribution is 2.28. The highest BCUT2D eigenvalue weighted by Gasteiger charge is 2.13. The number of benzene rings is 1. The Balaban J connectivity index is 3.26. The number of hydrogen-bond donors (Lipinski definition) is 0. The lowest BCUT2D eigenvalue weighted by Crippen LogP contribution is -1.91. The molecule has 1 aromatic rings. The predicted octanol–water partition coefficient (Wildman–Crippen LogP) is 2.72. The van der Waals surface area contributed by atoms with Gasteiger partial charge in [-0.1, -0.05) is 11.6 Å². The van der Waals surface area contributed by atoms with E-state index in [9.17, 15) is 12.3 Å². The lowest BCUT2D eigenvalue weighted by molar-refractivity contribution is 0.552. The zero-order valence-corrected chi connectivity index (χ0v) is 9.01. The first-order chi connectivity index (χ1) is 5.95. The van der Waals surface area contributed by atoms with Crippen LogP contribution in [-0.4, -0.2) is 14.7 Å². The molecule has 1 rings (SSSR count). The first-order valence-corrected chi connectivity index (χ1v) is 6.22. The fourth-order valence-corrected chi connectivity index (χ4v) is 2.22. The summed E-state index contributed by atoms with van der Waals surface area (Å²) in [6, 6.07) is 3.76. The largest absolute Gasteiger partial charge is 0.332 e. The molecule has 0 radical (unpaired) electrons. The van der Waals surface area contributed by atoms with Crippen LogP contribution in [-0.2, 0) is 10.2 Å². The molecule has 0 unspecified atom stereocenters. The molecule has 13 heavy (non-hydrogen) atoms. The van der Waals surface area contributed by atoms with Gasteiger partial charge < -0.3 is 0 Å². The molecule has 0 atom stereocenters. The van der Waals surface area contributed by atoms with Gasteiger partial charge in [0.25, 0.3) is 0 Å². The standard InChI is InChI=1S/C7H6ClFO2S2/c1-12-7-3-2-5(4-6(7)8)13(9,10)11/h2-4H,1H3. The summed E-state index contributed by atoms with van der Waals surface area (Å²) >= 11 is 7.05. The lowest BCUT2D eigenvalue weighted by atomic mass is 10.4. The van der Waals surface area contributed by atoms with Crippen molar-refractivity contribution in [2.24, 2.45) is 0 Å². The van der Waals surface area contributed by atoms with Crippen molar-refractivity contribution >= 4 is 33.6 Å². The van der Waals surface area contributed by atoms with Crippen molar-refractivity contribution in [3.8, 4) is 0 Å². The maximum atomic E-state index is 12.4. The Morgan fingerprint density at radius 2 is 2.08 bits per heavy atom. The van der Waals surface area contributed by atoms with Gasteiger partial charge in [0, 0.05) is 4.90 Å². The van der Waals surface area contributed by atoms with Gasteiger partial charge in [-0.15, -0.1) is 15.6 Å². The summed E-state index contributed by atoms with van der Waals surface area (Å²) in [7, 11) is -4.64. The monoisotopic (exact) mass is 240 g/mol. The molecule has 0 bridgehead atoms. The van der Waals surface area contributed by atoms with E-state index in [0.717, 1.165) is 6.07 Å². The zero-order valence-electron chi connectivity index (χ0n) is 6.62. The van der Waals surface area contributed by atoms with Crippen molar-refractivity contribution in [2.75, 3.05) is 6.26 Å². The third-order valence-electron chi connectivity index (χ3n) is 1.40. The second-order valence-corrected chi connectivity index (χ2v) is 4.84. The molecule has 0 aliphatic carbocycles. The van der Waals surface area contributed by atoms with Gasteiger partial charge in [-0.2, -0.15) is 8.42 Å². The fraction of sp³-hybridized carbons (Fsp3) is 0.143. The smallest absolute Gasteiger partial charge is 0.189 e. The number of halogens is 2. The van der Waals surface area contributed by atoms with E-state index < -0.39 is 15.1 Å². The van der Waals surface area contributed by atoms with Crippen LogP contribution in [0.3, 0.4) is 0 Å². The summed E-state index contributed by atoms with van der Waals surface area (Å²) in [6.07, 6.45) is 1.80. The van der Waals surface area contributed by atoms with Crippen LogP contribution in [0.2, 0.25) is 5.02 Å². The van der Waals surface area contributed by atoms with Gasteiger partial charge in [0.05, 0.1) is 5.02 Å². The van der Waals surface area contributed by atoms with Crippen LogP contribution in [0.25, 0.3) is 0 Å². The highest BCUT2D eigenvalue weighted by atomic mass is 35.5. The fourth-order valence-electron chi connectivity index (χ4n) is 0.799. The van der Waals surface area contributed by atoms with Crippen LogP contribution >= 0.6 is 23.4 Å². The maximum Gasteiger partial charge on any atom is 0.332 e. The highest BCUT2D eigenvalue weighted by molar-refractivity contribution is 7.98. The van der Waals surface area contributed by atoms with E-state index in [4.69, 9.17) is 11.6 Å². The molecule has 0 N–H and O–H groups in total. The van der Waals surface area contributed by atoms with Crippen molar-refractivity contribution in [1.29, 1.82) is 0 Å². The minimum absolute atomic E-state index is 0.242. The van der Waals surface area contributed by atoms with Gasteiger partial charge in [0.15, 0.2) is 0 Å². The molecular formula is C7H6ClFO2S2. The molecule has 2 nitrogen and oxygen atoms in total. The van der Waals surface area contributed by atoms with Gasteiger partial charge in [-0.3, -0.25) is 0 Å². The Kier molecular flexibility index (Phi) is 3.21. The Morgan fingerprint density at radius 3 is 2.46 bits per heavy atom. The van der Waals surface area contributed by atoms with E-state index in [2.05, 4.69) is 0 Å². The van der Waals surface area contributed by atoms with Crippen LogP contribution in [0.15, 0.2) is 28.0 Å². The normalized spacial score (nSPS) is 11.6. The molecule has 0 aliphatic rings. The topological polar surface area (TPSA) is 34.1 Å². The van der Waals surface area contributed by atoms with E-state index in [1.165, 1.54) is 23.9 Å². The molecule has 0 aromatic heterocycles. The van der Waals surface area contributed by atoms with Crippen molar-refractivity contribution in [3.05, 3.63) is 23.2 Å². The summed E-state index contributed by atoms with van der Waals surface area (Å²) in [6.45, 7) is 0. The van der Waals surface area contributed by atoms with Crippen LogP contribution < -0.4 is 0 Å². The maximum absolute atomic E-state index is 12.4. The van der Waals surface area contributed by atoms with Crippen molar-refractivity contribution in [1.82, 2.24) is 0 Å². The lowest BCUT2D eigenvalue weighted by Gasteiger charge is -2.00. The van der Waals surface area contributed by atoms with Gasteiger partial charge in [-0.05, 0) is 24.5 Å². The van der Waals surface area contributed by atoms with Crippen molar-refractivity contribution < 1.29 is 12.3 Å². The minimum Gasteiger partial charge on any atom is -0.189 e. The molecular weight excluding hydrogens is 235 g/mol. The molecule has 72 valence electrons. The van der Waals surface area contributed by atoms with Crippen LogP contribution in [0, 0.1) is 0 Å². The molecule has 6 heteroatoms. The third-order valence-corrected chi connectivity index (χ3v) is 3.44. The molecule has 0 spiro atoms. The second-order valence-electron chi connectivity index (χ2n) is 2.23. The Labute approximate surface area is 85.3 Å². The van der Waals surface area contributed by atoms with Crippen molar-refractivity contribution in [3.63, 3.8) is 0 Å². The average Bonchev–Trinajstić information content (AvgIpc) is 2.02. The van der Waals surface area contributed by atoms with E-state index in [1.54, 1.807) is 6.26 Å². The Hall–Kier alpha value is -0.260. The summed E-state index contributed by atoms with van der Waals surface area (Å²) in [5.41, 5.74) is 0. The third kappa shape index (κ3) is 2.59. The Morgan fingerprint density at radius 1 is 1.46 bits per heavy atom. The minimum atomic E-state index is -4.64. The van der Waals surface area contributed by atoms with Crippen LogP contribution in [0.4, 0.5) is 3.89 Å². The zero-order chi connectivity index (χ0) is 10.1. The average molecular weight is 241 g/mol. The van der Waals surface area contributed by atoms with Gasteiger partial charge in [0.2, 0.25) is 0 Å². The SMILES string of the molecule is CSc1ccc(S(=O)(=O)F)cc1Cl. The van der Waals surface area contributed by atoms with Crippen LogP contribution in [0.5, 0.6) is 0 Å². The summed E-state index contributed by atoms with van der Waals surface area (Å²) in [4.78, 5) is 0.310. The summed E-state index contributed by atoms with van der Waals surface area (Å²) < 4.78 is 33.3. The number of thioether (sulfide) groups is 1. The first kappa shape index (κ1) is 10.8. The van der Waals surface area contributed by atoms with Gasteiger partial charge in [0.1, 0.15) is 4.90 Å². The van der Waals surface area contributed by atoms with E-state index in [0.29, 0.717) is 4.90 Å². The second kappa shape index (κ2) is 3.86. The summed E-state index contributed by atoms with van der Waals surface area (Å²) in [5.74, 6) is 0. The summed E-state index contributed by atoms with van der Waals surface area (Å²) in [5, 5.41) is 0.242. The number of rotatable bonds is 2. The molecule has 1 aromatic carbocycles.